The average Bonchev–Trinajstić information content (AvgIpc) is 2.76. The van der Waals surface area contributed by atoms with Gasteiger partial charge in [-0.2, -0.15) is 11.3 Å². The number of nitrogens with one attached hydrogen (secondary N) is 1. The first-order valence-corrected chi connectivity index (χ1v) is 6.35. The van der Waals surface area contributed by atoms with Crippen molar-refractivity contribution in [2.24, 2.45) is 5.84 Å². The molecule has 0 saturated heterocycles. The third-order valence-electron chi connectivity index (χ3n) is 2.39. The minimum atomic E-state index is -0.0829. The summed E-state index contributed by atoms with van der Waals surface area (Å²) in [6.45, 7) is 1.99. The monoisotopic (exact) mass is 241 g/mol. The first-order valence-electron chi connectivity index (χ1n) is 5.41. The van der Waals surface area contributed by atoms with Gasteiger partial charge < -0.3 is 4.90 Å². The maximum Gasteiger partial charge on any atom is 0.233 e. The molecule has 0 atom stereocenters. The van der Waals surface area contributed by atoms with Crippen LogP contribution in [0.4, 0.5) is 0 Å². The number of rotatable bonds is 7. The molecular weight excluding hydrogens is 222 g/mol. The highest BCUT2D eigenvalue weighted by atomic mass is 32.1. The van der Waals surface area contributed by atoms with Crippen LogP contribution in [-0.2, 0) is 11.3 Å². The van der Waals surface area contributed by atoms with Crippen LogP contribution in [0.3, 0.4) is 0 Å². The molecule has 90 valence electrons. The molecule has 0 radical (unpaired) electrons. The second-order valence-corrected chi connectivity index (χ2v) is 4.67. The smallest absolute Gasteiger partial charge is 0.233 e. The Morgan fingerprint density at radius 1 is 1.56 bits per heavy atom. The Hall–Kier alpha value is -0.910. The molecule has 5 heteroatoms. The molecular formula is C11H19N3OS. The number of carbonyl (C=O) groups is 1. The van der Waals surface area contributed by atoms with E-state index in [1.807, 2.05) is 0 Å². The molecule has 4 nitrogen and oxygen atoms in total. The van der Waals surface area contributed by atoms with Gasteiger partial charge in [-0.25, -0.2) is 5.84 Å². The predicted octanol–water partition coefficient (Wildman–Crippen LogP) is 1.34. The van der Waals surface area contributed by atoms with Gasteiger partial charge in [0.1, 0.15) is 0 Å². The van der Waals surface area contributed by atoms with E-state index in [1.165, 1.54) is 5.56 Å². The topological polar surface area (TPSA) is 58.4 Å². The minimum Gasteiger partial charge on any atom is -0.302 e. The highest BCUT2D eigenvalue weighted by molar-refractivity contribution is 7.07. The van der Waals surface area contributed by atoms with Crippen LogP contribution in [0.2, 0.25) is 0 Å². The summed E-state index contributed by atoms with van der Waals surface area (Å²) < 4.78 is 0. The third-order valence-corrected chi connectivity index (χ3v) is 3.12. The predicted molar refractivity (Wildman–Crippen MR) is 66.8 cm³/mol. The Morgan fingerprint density at radius 2 is 2.38 bits per heavy atom. The van der Waals surface area contributed by atoms with Gasteiger partial charge in [-0.3, -0.25) is 10.2 Å². The molecule has 0 spiro atoms. The van der Waals surface area contributed by atoms with E-state index in [0.29, 0.717) is 6.42 Å². The van der Waals surface area contributed by atoms with E-state index < -0.39 is 0 Å². The van der Waals surface area contributed by atoms with Crippen LogP contribution < -0.4 is 11.3 Å². The Balaban J connectivity index is 2.06. The van der Waals surface area contributed by atoms with Gasteiger partial charge in [-0.15, -0.1) is 0 Å². The molecule has 16 heavy (non-hydrogen) atoms. The fourth-order valence-corrected chi connectivity index (χ4v) is 2.17. The van der Waals surface area contributed by atoms with E-state index in [4.69, 9.17) is 5.84 Å². The second kappa shape index (κ2) is 7.38. The lowest BCUT2D eigenvalue weighted by molar-refractivity contribution is -0.121. The number of amides is 1. The summed E-state index contributed by atoms with van der Waals surface area (Å²) in [5, 5.41) is 4.26. The fraction of sp³-hybridized carbons (Fsp3) is 0.545. The summed E-state index contributed by atoms with van der Waals surface area (Å²) in [5.74, 6) is 4.91. The second-order valence-electron chi connectivity index (χ2n) is 3.89. The number of carbonyl (C=O) groups excluding carboxylic acids is 1. The van der Waals surface area contributed by atoms with Gasteiger partial charge in [0.2, 0.25) is 5.91 Å². The van der Waals surface area contributed by atoms with Crippen molar-refractivity contribution in [2.75, 3.05) is 13.6 Å². The molecule has 0 aromatic carbocycles. The summed E-state index contributed by atoms with van der Waals surface area (Å²) >= 11 is 1.72. The van der Waals surface area contributed by atoms with Crippen LogP contribution in [0, 0.1) is 0 Å². The Labute approximate surface area is 100 Å². The lowest BCUT2D eigenvalue weighted by Crippen LogP contribution is -2.29. The summed E-state index contributed by atoms with van der Waals surface area (Å²) in [7, 11) is 2.10. The lowest BCUT2D eigenvalue weighted by atomic mass is 10.2. The highest BCUT2D eigenvalue weighted by Crippen LogP contribution is 2.09. The van der Waals surface area contributed by atoms with Crippen molar-refractivity contribution in [2.45, 2.75) is 25.8 Å². The van der Waals surface area contributed by atoms with E-state index in [-0.39, 0.29) is 5.91 Å². The van der Waals surface area contributed by atoms with Crippen molar-refractivity contribution in [1.82, 2.24) is 10.3 Å². The molecule has 0 aliphatic carbocycles. The van der Waals surface area contributed by atoms with Gasteiger partial charge in [0.15, 0.2) is 0 Å². The zero-order chi connectivity index (χ0) is 11.8. The number of nitrogens with zero attached hydrogens (tertiary/aromatic N) is 1. The van der Waals surface area contributed by atoms with Crippen LogP contribution in [0.1, 0.15) is 24.8 Å². The molecule has 3 N–H and O–H groups in total. The Kier molecular flexibility index (Phi) is 6.07. The molecule has 1 aromatic heterocycles. The summed E-state index contributed by atoms with van der Waals surface area (Å²) in [4.78, 5) is 13.1. The number of hydrazine groups is 1. The SMILES string of the molecule is CN(CCCCC(=O)NN)Cc1ccsc1. The van der Waals surface area contributed by atoms with Crippen LogP contribution in [-0.4, -0.2) is 24.4 Å². The summed E-state index contributed by atoms with van der Waals surface area (Å²) in [6, 6.07) is 2.14. The van der Waals surface area contributed by atoms with Crippen molar-refractivity contribution in [3.05, 3.63) is 22.4 Å². The van der Waals surface area contributed by atoms with E-state index in [2.05, 4.69) is 34.2 Å². The fourth-order valence-electron chi connectivity index (χ4n) is 1.51. The maximum absolute atomic E-state index is 10.9. The van der Waals surface area contributed by atoms with Crippen molar-refractivity contribution < 1.29 is 4.79 Å². The van der Waals surface area contributed by atoms with Gasteiger partial charge in [0.05, 0.1) is 0 Å². The van der Waals surface area contributed by atoms with Gasteiger partial charge in [-0.1, -0.05) is 0 Å². The molecule has 0 aliphatic heterocycles. The van der Waals surface area contributed by atoms with E-state index in [9.17, 15) is 4.79 Å². The Bertz CT molecular complexity index is 300. The maximum atomic E-state index is 10.9. The Morgan fingerprint density at radius 3 is 3.00 bits per heavy atom. The molecule has 1 heterocycles. The van der Waals surface area contributed by atoms with Gasteiger partial charge in [-0.05, 0) is 48.8 Å². The molecule has 0 bridgehead atoms. The van der Waals surface area contributed by atoms with Crippen LogP contribution >= 0.6 is 11.3 Å². The quantitative estimate of drug-likeness (QED) is 0.328. The van der Waals surface area contributed by atoms with Gasteiger partial charge in [0.25, 0.3) is 0 Å². The number of nitrogens with two attached hydrogens (primary N) is 1. The van der Waals surface area contributed by atoms with E-state index >= 15 is 0 Å². The van der Waals surface area contributed by atoms with Crippen molar-refractivity contribution in [1.29, 1.82) is 0 Å². The zero-order valence-electron chi connectivity index (χ0n) is 9.61. The van der Waals surface area contributed by atoms with Crippen LogP contribution in [0.25, 0.3) is 0 Å². The third kappa shape index (κ3) is 5.25. The molecule has 0 fully saturated rings. The van der Waals surface area contributed by atoms with Crippen molar-refractivity contribution >= 4 is 17.2 Å². The van der Waals surface area contributed by atoms with Crippen LogP contribution in [0.15, 0.2) is 16.8 Å². The first kappa shape index (κ1) is 13.2. The standard InChI is InChI=1S/C11H19N3OS/c1-14(8-10-5-7-16-9-10)6-3-2-4-11(15)13-12/h5,7,9H,2-4,6,8,12H2,1H3,(H,13,15). The molecule has 1 rings (SSSR count). The molecule has 1 aromatic rings. The van der Waals surface area contributed by atoms with E-state index in [1.54, 1.807) is 11.3 Å². The van der Waals surface area contributed by atoms with Gasteiger partial charge >= 0.3 is 0 Å². The van der Waals surface area contributed by atoms with Crippen LogP contribution in [0.5, 0.6) is 0 Å². The number of hydrogen-bond donors (Lipinski definition) is 2. The number of unbranched alkanes of at least 4 members (excludes halogenated alkanes) is 1. The first-order chi connectivity index (χ1) is 7.72. The van der Waals surface area contributed by atoms with Crippen molar-refractivity contribution in [3.8, 4) is 0 Å². The molecule has 0 saturated carbocycles. The highest BCUT2D eigenvalue weighted by Gasteiger charge is 2.02. The van der Waals surface area contributed by atoms with Crippen molar-refractivity contribution in [3.63, 3.8) is 0 Å². The molecule has 0 aliphatic rings. The summed E-state index contributed by atoms with van der Waals surface area (Å²) in [6.07, 6.45) is 2.42. The molecule has 1 amide bonds. The normalized spacial score (nSPS) is 10.7. The number of hydrogen-bond acceptors (Lipinski definition) is 4. The lowest BCUT2D eigenvalue weighted by Gasteiger charge is -2.15. The zero-order valence-corrected chi connectivity index (χ0v) is 10.4. The largest absolute Gasteiger partial charge is 0.302 e. The van der Waals surface area contributed by atoms with Gasteiger partial charge in [0, 0.05) is 13.0 Å². The average molecular weight is 241 g/mol. The molecule has 0 unspecified atom stereocenters. The summed E-state index contributed by atoms with van der Waals surface area (Å²) in [5.41, 5.74) is 3.49. The van der Waals surface area contributed by atoms with E-state index in [0.717, 1.165) is 25.9 Å². The minimum absolute atomic E-state index is 0.0829. The number of thiophene rings is 1.